The minimum atomic E-state index is 0.0948. The number of nitriles is 1. The van der Waals surface area contributed by atoms with Crippen molar-refractivity contribution in [3.05, 3.63) is 70.6 Å². The Hall–Kier alpha value is -4.03. The smallest absolute Gasteiger partial charge is 0.327 e. The van der Waals surface area contributed by atoms with E-state index in [9.17, 15) is 5.26 Å². The normalized spacial score (nSPS) is 10.9. The first kappa shape index (κ1) is 19.9. The van der Waals surface area contributed by atoms with Crippen LogP contribution in [-0.2, 0) is 6.42 Å². The highest BCUT2D eigenvalue weighted by Gasteiger charge is 2.19. The van der Waals surface area contributed by atoms with Crippen molar-refractivity contribution in [2.75, 3.05) is 0 Å². The number of aromatic amines is 1. The van der Waals surface area contributed by atoms with E-state index in [1.807, 2.05) is 19.1 Å². The van der Waals surface area contributed by atoms with E-state index in [1.54, 1.807) is 42.7 Å². The van der Waals surface area contributed by atoms with Crippen LogP contribution in [0.1, 0.15) is 18.2 Å². The van der Waals surface area contributed by atoms with E-state index in [2.05, 4.69) is 46.9 Å². The number of rotatable bonds is 5. The minimum absolute atomic E-state index is 0.0948. The topological polar surface area (TPSA) is 110 Å². The number of pyridine rings is 2. The number of hydrogen-bond acceptors (Lipinski definition) is 7. The van der Waals surface area contributed by atoms with Crippen molar-refractivity contribution in [3.63, 3.8) is 0 Å². The predicted molar refractivity (Wildman–Crippen MR) is 122 cm³/mol. The summed E-state index contributed by atoms with van der Waals surface area (Å²) in [6, 6.07) is 14.5. The van der Waals surface area contributed by atoms with Gasteiger partial charge < -0.3 is 14.5 Å². The van der Waals surface area contributed by atoms with E-state index in [-0.39, 0.29) is 6.01 Å². The maximum atomic E-state index is 9.19. The second kappa shape index (κ2) is 8.24. The Morgan fingerprint density at radius 3 is 2.78 bits per heavy atom. The third kappa shape index (κ3) is 3.72. The van der Waals surface area contributed by atoms with Crippen molar-refractivity contribution >= 4 is 38.0 Å². The van der Waals surface area contributed by atoms with Crippen LogP contribution >= 0.6 is 15.9 Å². The maximum Gasteiger partial charge on any atom is 0.327 e. The van der Waals surface area contributed by atoms with Gasteiger partial charge in [0.1, 0.15) is 11.4 Å². The van der Waals surface area contributed by atoms with Gasteiger partial charge in [0.2, 0.25) is 5.88 Å². The zero-order valence-electron chi connectivity index (χ0n) is 16.8. The van der Waals surface area contributed by atoms with Crippen molar-refractivity contribution in [2.45, 2.75) is 13.3 Å². The molecular formula is C23H15BrN6O2. The molecule has 0 bridgehead atoms. The van der Waals surface area contributed by atoms with Gasteiger partial charge in [-0.05, 0) is 52.7 Å². The van der Waals surface area contributed by atoms with Gasteiger partial charge in [0.15, 0.2) is 5.75 Å². The molecule has 0 aliphatic heterocycles. The molecule has 0 aliphatic carbocycles. The first-order valence-electron chi connectivity index (χ1n) is 9.79. The molecule has 5 aromatic rings. The van der Waals surface area contributed by atoms with E-state index < -0.39 is 0 Å². The Morgan fingerprint density at radius 1 is 1.03 bits per heavy atom. The second-order valence-corrected chi connectivity index (χ2v) is 7.66. The third-order valence-electron chi connectivity index (χ3n) is 4.78. The Balaban J connectivity index is 1.59. The van der Waals surface area contributed by atoms with Crippen molar-refractivity contribution in [2.24, 2.45) is 0 Å². The molecule has 0 atom stereocenters. The number of nitrogens with one attached hydrogen (secondary N) is 1. The summed E-state index contributed by atoms with van der Waals surface area (Å²) in [4.78, 5) is 21.0. The molecule has 0 amide bonds. The van der Waals surface area contributed by atoms with Crippen molar-refractivity contribution < 1.29 is 9.47 Å². The van der Waals surface area contributed by atoms with Crippen molar-refractivity contribution in [1.82, 2.24) is 24.9 Å². The van der Waals surface area contributed by atoms with Gasteiger partial charge >= 0.3 is 6.01 Å². The van der Waals surface area contributed by atoms with Gasteiger partial charge in [-0.15, -0.1) is 0 Å². The zero-order valence-corrected chi connectivity index (χ0v) is 18.4. The van der Waals surface area contributed by atoms with Crippen LogP contribution in [0.3, 0.4) is 0 Å². The maximum absolute atomic E-state index is 9.19. The minimum Gasteiger partial charge on any atom is -0.438 e. The molecule has 0 fully saturated rings. The first-order chi connectivity index (χ1) is 15.6. The molecule has 1 aromatic carbocycles. The second-order valence-electron chi connectivity index (χ2n) is 6.86. The summed E-state index contributed by atoms with van der Waals surface area (Å²) in [5.41, 5.74) is 3.47. The molecule has 4 aromatic heterocycles. The molecule has 9 heteroatoms. The lowest BCUT2D eigenvalue weighted by Crippen LogP contribution is -1.97. The lowest BCUT2D eigenvalue weighted by Gasteiger charge is -2.09. The van der Waals surface area contributed by atoms with Gasteiger partial charge in [-0.2, -0.15) is 15.2 Å². The van der Waals surface area contributed by atoms with Gasteiger partial charge in [0.25, 0.3) is 0 Å². The molecule has 0 unspecified atom stereocenters. The summed E-state index contributed by atoms with van der Waals surface area (Å²) < 4.78 is 12.8. The molecule has 0 radical (unpaired) electrons. The number of hydrogen-bond donors (Lipinski definition) is 1. The summed E-state index contributed by atoms with van der Waals surface area (Å²) in [5.74, 6) is 1.24. The summed E-state index contributed by atoms with van der Waals surface area (Å²) in [6.45, 7) is 2.03. The van der Waals surface area contributed by atoms with Crippen LogP contribution in [0.5, 0.6) is 23.4 Å². The van der Waals surface area contributed by atoms with Gasteiger partial charge in [0.05, 0.1) is 38.7 Å². The van der Waals surface area contributed by atoms with E-state index in [4.69, 9.17) is 9.47 Å². The highest BCUT2D eigenvalue weighted by Crippen LogP contribution is 2.37. The van der Waals surface area contributed by atoms with Crippen LogP contribution in [0.2, 0.25) is 0 Å². The number of ether oxygens (including phenoxy) is 2. The predicted octanol–water partition coefficient (Wildman–Crippen LogP) is 5.68. The average molecular weight is 487 g/mol. The van der Waals surface area contributed by atoms with Crippen molar-refractivity contribution in [1.29, 1.82) is 5.26 Å². The Morgan fingerprint density at radius 2 is 1.94 bits per heavy atom. The highest BCUT2D eigenvalue weighted by atomic mass is 79.9. The molecular weight excluding hydrogens is 472 g/mol. The summed E-state index contributed by atoms with van der Waals surface area (Å²) in [6.07, 6.45) is 4.05. The van der Waals surface area contributed by atoms with Crippen LogP contribution in [0, 0.1) is 11.3 Å². The fraction of sp³-hybridized carbons (Fsp3) is 0.0870. The first-order valence-corrected chi connectivity index (χ1v) is 10.6. The van der Waals surface area contributed by atoms with E-state index in [0.717, 1.165) is 22.1 Å². The van der Waals surface area contributed by atoms with Crippen LogP contribution < -0.4 is 9.47 Å². The third-order valence-corrected chi connectivity index (χ3v) is 5.65. The molecule has 0 spiro atoms. The number of aromatic nitrogens is 5. The average Bonchev–Trinajstić information content (AvgIpc) is 3.14. The van der Waals surface area contributed by atoms with Crippen LogP contribution in [0.4, 0.5) is 0 Å². The Bertz CT molecular complexity index is 1510. The lowest BCUT2D eigenvalue weighted by molar-refractivity contribution is 0.416. The van der Waals surface area contributed by atoms with Gasteiger partial charge in [-0.25, -0.2) is 0 Å². The summed E-state index contributed by atoms with van der Waals surface area (Å²) >= 11 is 3.62. The SMILES string of the molecule is CCc1[nH]c2nc(Oc3cnc4cccnc4c3)nc(Oc3cccc(C#N)c3)c2c1Br. The molecule has 1 N–H and O–H groups in total. The van der Waals surface area contributed by atoms with E-state index in [1.165, 1.54) is 0 Å². The van der Waals surface area contributed by atoms with Crippen LogP contribution in [0.15, 0.2) is 59.3 Å². The Kier molecular flexibility index (Phi) is 5.13. The molecule has 32 heavy (non-hydrogen) atoms. The monoisotopic (exact) mass is 486 g/mol. The molecule has 0 saturated heterocycles. The van der Waals surface area contributed by atoms with Gasteiger partial charge in [-0.3, -0.25) is 9.97 Å². The number of H-pyrrole nitrogens is 1. The van der Waals surface area contributed by atoms with Gasteiger partial charge in [-0.1, -0.05) is 13.0 Å². The van der Waals surface area contributed by atoms with Crippen LogP contribution in [0.25, 0.3) is 22.1 Å². The number of aryl methyl sites for hydroxylation is 1. The number of benzene rings is 1. The number of halogens is 1. The fourth-order valence-electron chi connectivity index (χ4n) is 3.26. The largest absolute Gasteiger partial charge is 0.438 e. The molecule has 0 aliphatic rings. The van der Waals surface area contributed by atoms with E-state index >= 15 is 0 Å². The Labute approximate surface area is 191 Å². The summed E-state index contributed by atoms with van der Waals surface area (Å²) in [5, 5.41) is 9.88. The van der Waals surface area contributed by atoms with Crippen LogP contribution in [-0.4, -0.2) is 24.9 Å². The zero-order chi connectivity index (χ0) is 22.1. The molecule has 5 rings (SSSR count). The fourth-order valence-corrected chi connectivity index (χ4v) is 3.99. The standard InChI is InChI=1S/C23H15BrN6O2/c1-2-16-20(24)19-21(28-16)29-23(30-22(19)31-14-6-3-5-13(9-14)11-25)32-15-10-18-17(27-12-15)7-4-8-26-18/h3-10,12H,2H2,1H3,(H,28,29,30). The lowest BCUT2D eigenvalue weighted by atomic mass is 10.2. The number of nitrogens with zero attached hydrogens (tertiary/aromatic N) is 5. The molecule has 4 heterocycles. The molecule has 0 saturated carbocycles. The highest BCUT2D eigenvalue weighted by molar-refractivity contribution is 9.10. The number of fused-ring (bicyclic) bond motifs is 2. The summed E-state index contributed by atoms with van der Waals surface area (Å²) in [7, 11) is 0. The quantitative estimate of drug-likeness (QED) is 0.340. The molecule has 156 valence electrons. The van der Waals surface area contributed by atoms with Gasteiger partial charge in [0, 0.05) is 18.0 Å². The van der Waals surface area contributed by atoms with Crippen molar-refractivity contribution in [3.8, 4) is 29.5 Å². The molecule has 8 nitrogen and oxygen atoms in total. The van der Waals surface area contributed by atoms with E-state index in [0.29, 0.717) is 39.5 Å².